The highest BCUT2D eigenvalue weighted by molar-refractivity contribution is 5.83. The second-order valence-electron chi connectivity index (χ2n) is 5.95. The van der Waals surface area contributed by atoms with Gasteiger partial charge in [-0.05, 0) is 43.6 Å². The number of amides is 1. The maximum atomic E-state index is 12.6. The molecule has 1 aromatic carbocycles. The van der Waals surface area contributed by atoms with Crippen LogP contribution in [0.1, 0.15) is 50.5 Å². The Kier molecular flexibility index (Phi) is 3.58. The summed E-state index contributed by atoms with van der Waals surface area (Å²) in [6.07, 6.45) is 5.83. The molecule has 0 radical (unpaired) electrons. The molecule has 3 atom stereocenters. The maximum Gasteiger partial charge on any atom is 0.226 e. The summed E-state index contributed by atoms with van der Waals surface area (Å²) in [5, 5.41) is 0. The fourth-order valence-electron chi connectivity index (χ4n) is 3.46. The standard InChI is InChI=1S/C17H23NO/c1-2-14-10-6-7-11-18(14)17(19)16-12-15(16)13-8-4-3-5-9-13/h3-5,8-9,14-16H,2,6-7,10-12H2,1H3/t14-,15-,16+/m1/s1. The van der Waals surface area contributed by atoms with Gasteiger partial charge < -0.3 is 4.90 Å². The molecule has 2 fully saturated rings. The van der Waals surface area contributed by atoms with Crippen LogP contribution in [0, 0.1) is 5.92 Å². The van der Waals surface area contributed by atoms with Crippen LogP contribution < -0.4 is 0 Å². The highest BCUT2D eigenvalue weighted by Gasteiger charge is 2.46. The van der Waals surface area contributed by atoms with Crippen LogP contribution >= 0.6 is 0 Å². The van der Waals surface area contributed by atoms with Crippen LogP contribution in [-0.2, 0) is 4.79 Å². The molecule has 2 aliphatic rings. The Balaban J connectivity index is 1.66. The molecule has 1 aliphatic carbocycles. The van der Waals surface area contributed by atoms with E-state index >= 15 is 0 Å². The summed E-state index contributed by atoms with van der Waals surface area (Å²) in [4.78, 5) is 14.8. The lowest BCUT2D eigenvalue weighted by molar-refractivity contribution is -0.136. The van der Waals surface area contributed by atoms with E-state index in [1.165, 1.54) is 24.8 Å². The van der Waals surface area contributed by atoms with Gasteiger partial charge in [-0.15, -0.1) is 0 Å². The molecular weight excluding hydrogens is 234 g/mol. The van der Waals surface area contributed by atoms with Gasteiger partial charge in [0, 0.05) is 18.5 Å². The molecule has 0 N–H and O–H groups in total. The highest BCUT2D eigenvalue weighted by Crippen LogP contribution is 2.49. The molecule has 1 amide bonds. The number of piperidine rings is 1. The van der Waals surface area contributed by atoms with Gasteiger partial charge in [-0.2, -0.15) is 0 Å². The quantitative estimate of drug-likeness (QED) is 0.810. The van der Waals surface area contributed by atoms with E-state index in [0.717, 1.165) is 19.4 Å². The molecule has 102 valence electrons. The minimum atomic E-state index is 0.259. The van der Waals surface area contributed by atoms with Crippen molar-refractivity contribution >= 4 is 5.91 Å². The summed E-state index contributed by atoms with van der Waals surface area (Å²) in [6, 6.07) is 11.0. The van der Waals surface area contributed by atoms with Crippen LogP contribution in [0.25, 0.3) is 0 Å². The van der Waals surface area contributed by atoms with Crippen molar-refractivity contribution in [2.24, 2.45) is 5.92 Å². The minimum absolute atomic E-state index is 0.259. The summed E-state index contributed by atoms with van der Waals surface area (Å²) in [5.74, 6) is 1.16. The normalized spacial score (nSPS) is 30.2. The first-order valence-electron chi connectivity index (χ1n) is 7.66. The van der Waals surface area contributed by atoms with Crippen LogP contribution in [-0.4, -0.2) is 23.4 Å². The van der Waals surface area contributed by atoms with E-state index in [9.17, 15) is 4.79 Å². The molecule has 19 heavy (non-hydrogen) atoms. The van der Waals surface area contributed by atoms with Gasteiger partial charge in [-0.25, -0.2) is 0 Å². The van der Waals surface area contributed by atoms with Crippen molar-refractivity contribution in [3.05, 3.63) is 35.9 Å². The largest absolute Gasteiger partial charge is 0.339 e. The second-order valence-corrected chi connectivity index (χ2v) is 5.95. The molecule has 2 heteroatoms. The van der Waals surface area contributed by atoms with Crippen molar-refractivity contribution < 1.29 is 4.79 Å². The third-order valence-electron chi connectivity index (χ3n) is 4.72. The van der Waals surface area contributed by atoms with Gasteiger partial charge in [-0.3, -0.25) is 4.79 Å². The predicted molar refractivity (Wildman–Crippen MR) is 76.9 cm³/mol. The van der Waals surface area contributed by atoms with Gasteiger partial charge >= 0.3 is 0 Å². The number of rotatable bonds is 3. The number of likely N-dealkylation sites (tertiary alicyclic amines) is 1. The molecule has 3 rings (SSSR count). The lowest BCUT2D eigenvalue weighted by Crippen LogP contribution is -2.44. The Morgan fingerprint density at radius 3 is 2.79 bits per heavy atom. The van der Waals surface area contributed by atoms with Gasteiger partial charge in [0.25, 0.3) is 0 Å². The first-order valence-corrected chi connectivity index (χ1v) is 7.66. The predicted octanol–water partition coefficient (Wildman–Crippen LogP) is 3.58. The Bertz CT molecular complexity index is 442. The van der Waals surface area contributed by atoms with Crippen molar-refractivity contribution in [2.45, 2.75) is 51.0 Å². The topological polar surface area (TPSA) is 20.3 Å². The third-order valence-corrected chi connectivity index (χ3v) is 4.72. The van der Waals surface area contributed by atoms with Crippen molar-refractivity contribution in [2.75, 3.05) is 6.54 Å². The highest BCUT2D eigenvalue weighted by atomic mass is 16.2. The summed E-state index contributed by atoms with van der Waals surface area (Å²) < 4.78 is 0. The van der Waals surface area contributed by atoms with Gasteiger partial charge in [-0.1, -0.05) is 37.3 Å². The zero-order valence-corrected chi connectivity index (χ0v) is 11.7. The first-order chi connectivity index (χ1) is 9.31. The Labute approximate surface area is 115 Å². The molecular formula is C17H23NO. The van der Waals surface area contributed by atoms with Gasteiger partial charge in [0.1, 0.15) is 0 Å². The average molecular weight is 257 g/mol. The molecule has 0 spiro atoms. The minimum Gasteiger partial charge on any atom is -0.339 e. The number of nitrogens with zero attached hydrogens (tertiary/aromatic N) is 1. The molecule has 1 aliphatic heterocycles. The number of carbonyl (C=O) groups excluding carboxylic acids is 1. The average Bonchev–Trinajstić information content (AvgIpc) is 3.28. The summed E-state index contributed by atoms with van der Waals surface area (Å²) in [5.41, 5.74) is 1.34. The zero-order chi connectivity index (χ0) is 13.2. The van der Waals surface area contributed by atoms with E-state index < -0.39 is 0 Å². The fourth-order valence-corrected chi connectivity index (χ4v) is 3.46. The number of hydrogen-bond acceptors (Lipinski definition) is 1. The Morgan fingerprint density at radius 2 is 2.05 bits per heavy atom. The molecule has 1 heterocycles. The van der Waals surface area contributed by atoms with E-state index in [2.05, 4.69) is 36.1 Å². The monoisotopic (exact) mass is 257 g/mol. The van der Waals surface area contributed by atoms with Gasteiger partial charge in [0.2, 0.25) is 5.91 Å². The van der Waals surface area contributed by atoms with E-state index in [1.54, 1.807) is 0 Å². The van der Waals surface area contributed by atoms with E-state index in [4.69, 9.17) is 0 Å². The van der Waals surface area contributed by atoms with Crippen LogP contribution in [0.15, 0.2) is 30.3 Å². The number of benzene rings is 1. The smallest absolute Gasteiger partial charge is 0.226 e. The molecule has 0 bridgehead atoms. The molecule has 1 saturated carbocycles. The zero-order valence-electron chi connectivity index (χ0n) is 11.7. The number of hydrogen-bond donors (Lipinski definition) is 0. The fraction of sp³-hybridized carbons (Fsp3) is 0.588. The Hall–Kier alpha value is -1.31. The molecule has 0 unspecified atom stereocenters. The molecule has 0 aromatic heterocycles. The Morgan fingerprint density at radius 1 is 1.26 bits per heavy atom. The summed E-state index contributed by atoms with van der Waals surface area (Å²) in [6.45, 7) is 3.19. The van der Waals surface area contributed by atoms with E-state index in [1.807, 2.05) is 6.07 Å². The SMILES string of the molecule is CC[C@@H]1CCCCN1C(=O)[C@H]1C[C@@H]1c1ccccc1. The number of carbonyl (C=O) groups is 1. The van der Waals surface area contributed by atoms with E-state index in [0.29, 0.717) is 17.9 Å². The lowest BCUT2D eigenvalue weighted by Gasteiger charge is -2.35. The lowest BCUT2D eigenvalue weighted by atomic mass is 9.99. The maximum absolute atomic E-state index is 12.6. The van der Waals surface area contributed by atoms with Crippen molar-refractivity contribution in [1.29, 1.82) is 0 Å². The van der Waals surface area contributed by atoms with Crippen LogP contribution in [0.2, 0.25) is 0 Å². The third kappa shape index (κ3) is 2.54. The first kappa shape index (κ1) is 12.7. The van der Waals surface area contributed by atoms with Crippen LogP contribution in [0.3, 0.4) is 0 Å². The van der Waals surface area contributed by atoms with Crippen molar-refractivity contribution in [3.8, 4) is 0 Å². The molecule has 1 aromatic rings. The van der Waals surface area contributed by atoms with Gasteiger partial charge in [0.15, 0.2) is 0 Å². The van der Waals surface area contributed by atoms with Crippen molar-refractivity contribution in [3.63, 3.8) is 0 Å². The molecule has 2 nitrogen and oxygen atoms in total. The second kappa shape index (κ2) is 5.36. The summed E-state index contributed by atoms with van der Waals surface area (Å²) >= 11 is 0. The van der Waals surface area contributed by atoms with Crippen LogP contribution in [0.5, 0.6) is 0 Å². The van der Waals surface area contributed by atoms with Crippen LogP contribution in [0.4, 0.5) is 0 Å². The van der Waals surface area contributed by atoms with Crippen molar-refractivity contribution in [1.82, 2.24) is 4.90 Å². The molecule has 1 saturated heterocycles. The van der Waals surface area contributed by atoms with Gasteiger partial charge in [0.05, 0.1) is 0 Å². The van der Waals surface area contributed by atoms with E-state index in [-0.39, 0.29) is 5.92 Å². The summed E-state index contributed by atoms with van der Waals surface area (Å²) in [7, 11) is 0.